The fourth-order valence-electron chi connectivity index (χ4n) is 1.32. The number of carbonyl (C=O) groups excluding carboxylic acids is 1. The molecule has 0 aromatic carbocycles. The number of hydrogen-bond donors (Lipinski definition) is 2. The summed E-state index contributed by atoms with van der Waals surface area (Å²) in [7, 11) is 1.57. The summed E-state index contributed by atoms with van der Waals surface area (Å²) in [4.78, 5) is 11.0. The van der Waals surface area contributed by atoms with E-state index in [4.69, 9.17) is 5.73 Å². The van der Waals surface area contributed by atoms with Gasteiger partial charge in [-0.3, -0.25) is 9.48 Å². The quantitative estimate of drug-likeness (QED) is 0.773. The maximum atomic E-state index is 11.9. The first kappa shape index (κ1) is 13.3. The fourth-order valence-corrected chi connectivity index (χ4v) is 1.32. The second kappa shape index (κ2) is 5.07. The highest BCUT2D eigenvalue weighted by atomic mass is 19.4. The average Bonchev–Trinajstić information content (AvgIpc) is 2.53. The highest BCUT2D eigenvalue weighted by Gasteiger charge is 2.26. The normalized spacial score (nSPS) is 11.5. The van der Waals surface area contributed by atoms with Gasteiger partial charge < -0.3 is 11.1 Å². The smallest absolute Gasteiger partial charge is 0.370 e. The van der Waals surface area contributed by atoms with Gasteiger partial charge in [0, 0.05) is 20.0 Å². The number of carbonyl (C=O) groups is 1. The summed E-state index contributed by atoms with van der Waals surface area (Å²) in [6.45, 7) is 0.0966. The molecule has 0 fully saturated rings. The van der Waals surface area contributed by atoms with E-state index in [9.17, 15) is 18.0 Å². The van der Waals surface area contributed by atoms with Gasteiger partial charge in [0.2, 0.25) is 0 Å². The van der Waals surface area contributed by atoms with Crippen LogP contribution in [-0.2, 0) is 7.05 Å². The van der Waals surface area contributed by atoms with Crippen molar-refractivity contribution >= 4 is 11.7 Å². The van der Waals surface area contributed by atoms with E-state index in [0.29, 0.717) is 5.82 Å². The minimum atomic E-state index is -4.17. The molecule has 0 bridgehead atoms. The van der Waals surface area contributed by atoms with E-state index in [2.05, 4.69) is 10.4 Å². The van der Waals surface area contributed by atoms with Gasteiger partial charge in [0.25, 0.3) is 5.91 Å². The predicted octanol–water partition coefficient (Wildman–Crippen LogP) is 1.27. The molecule has 0 aliphatic heterocycles. The molecule has 1 rings (SSSR count). The van der Waals surface area contributed by atoms with Crippen molar-refractivity contribution in [3.05, 3.63) is 11.8 Å². The molecule has 0 atom stereocenters. The molecule has 0 aliphatic rings. The van der Waals surface area contributed by atoms with E-state index in [0.717, 1.165) is 0 Å². The molecular weight excluding hydrogens is 237 g/mol. The van der Waals surface area contributed by atoms with Gasteiger partial charge in [-0.1, -0.05) is 0 Å². The monoisotopic (exact) mass is 250 g/mol. The van der Waals surface area contributed by atoms with Crippen LogP contribution >= 0.6 is 0 Å². The zero-order chi connectivity index (χ0) is 13.1. The summed E-state index contributed by atoms with van der Waals surface area (Å²) in [5.41, 5.74) is 5.26. The molecule has 1 aromatic heterocycles. The zero-order valence-electron chi connectivity index (χ0n) is 9.21. The first-order valence-corrected chi connectivity index (χ1v) is 4.93. The number of alkyl halides is 3. The maximum absolute atomic E-state index is 11.9. The third kappa shape index (κ3) is 3.97. The lowest BCUT2D eigenvalue weighted by Gasteiger charge is -2.09. The number of nitrogens with zero attached hydrogens (tertiary/aromatic N) is 2. The van der Waals surface area contributed by atoms with Crippen LogP contribution in [0.3, 0.4) is 0 Å². The Morgan fingerprint density at radius 3 is 2.76 bits per heavy atom. The molecule has 1 aromatic rings. The number of nitrogens with two attached hydrogens (primary N) is 1. The number of rotatable bonds is 5. The van der Waals surface area contributed by atoms with Crippen molar-refractivity contribution < 1.29 is 18.0 Å². The second-order valence-corrected chi connectivity index (χ2v) is 3.54. The highest BCUT2D eigenvalue weighted by Crippen LogP contribution is 2.21. The number of nitrogens with one attached hydrogen (secondary N) is 1. The molecule has 3 N–H and O–H groups in total. The summed E-state index contributed by atoms with van der Waals surface area (Å²) in [6.07, 6.45) is -3.84. The fraction of sp³-hybridized carbons (Fsp3) is 0.556. The van der Waals surface area contributed by atoms with E-state index in [1.165, 1.54) is 10.9 Å². The molecular formula is C9H13F3N4O. The van der Waals surface area contributed by atoms with Gasteiger partial charge in [-0.05, 0) is 6.42 Å². The van der Waals surface area contributed by atoms with Gasteiger partial charge >= 0.3 is 6.18 Å². The Morgan fingerprint density at radius 1 is 1.59 bits per heavy atom. The standard InChI is InChI=1S/C9H13F3N4O/c1-16-8(6(5-15-16)7(13)17)14-4-2-3-9(10,11)12/h5,14H,2-4H2,1H3,(H2,13,17). The Labute approximate surface area is 95.8 Å². The SMILES string of the molecule is Cn1ncc(C(N)=O)c1NCCCC(F)(F)F. The molecule has 1 amide bonds. The average molecular weight is 250 g/mol. The lowest BCUT2D eigenvalue weighted by atomic mass is 10.3. The van der Waals surface area contributed by atoms with Gasteiger partial charge in [-0.25, -0.2) is 0 Å². The van der Waals surface area contributed by atoms with E-state index in [1.807, 2.05) is 0 Å². The molecule has 8 heteroatoms. The van der Waals surface area contributed by atoms with Crippen LogP contribution in [0.5, 0.6) is 0 Å². The first-order chi connectivity index (χ1) is 7.81. The number of aryl methyl sites for hydroxylation is 1. The summed E-state index contributed by atoms with van der Waals surface area (Å²) in [5, 5.41) is 6.51. The molecule has 0 radical (unpaired) electrons. The third-order valence-electron chi connectivity index (χ3n) is 2.13. The molecule has 0 unspecified atom stereocenters. The van der Waals surface area contributed by atoms with Crippen molar-refractivity contribution in [2.75, 3.05) is 11.9 Å². The Bertz CT molecular complexity index is 399. The van der Waals surface area contributed by atoms with Crippen LogP contribution in [0.1, 0.15) is 23.2 Å². The molecule has 96 valence electrons. The van der Waals surface area contributed by atoms with Crippen LogP contribution in [-0.4, -0.2) is 28.4 Å². The summed E-state index contributed by atoms with van der Waals surface area (Å²) in [5.74, 6) is -0.337. The second-order valence-electron chi connectivity index (χ2n) is 3.54. The van der Waals surface area contributed by atoms with Crippen LogP contribution in [0.2, 0.25) is 0 Å². The van der Waals surface area contributed by atoms with Crippen LogP contribution in [0, 0.1) is 0 Å². The van der Waals surface area contributed by atoms with Crippen LogP contribution in [0.15, 0.2) is 6.20 Å². The number of primary amides is 1. The number of anilines is 1. The topological polar surface area (TPSA) is 72.9 Å². The van der Waals surface area contributed by atoms with E-state index in [-0.39, 0.29) is 18.5 Å². The zero-order valence-corrected chi connectivity index (χ0v) is 9.21. The lowest BCUT2D eigenvalue weighted by molar-refractivity contribution is -0.134. The first-order valence-electron chi connectivity index (χ1n) is 4.93. The minimum Gasteiger partial charge on any atom is -0.370 e. The van der Waals surface area contributed by atoms with Crippen LogP contribution in [0.25, 0.3) is 0 Å². The molecule has 17 heavy (non-hydrogen) atoms. The summed E-state index contributed by atoms with van der Waals surface area (Å²) >= 11 is 0. The van der Waals surface area contributed by atoms with Gasteiger partial charge in [-0.15, -0.1) is 0 Å². The van der Waals surface area contributed by atoms with Crippen molar-refractivity contribution in [1.82, 2.24) is 9.78 Å². The van der Waals surface area contributed by atoms with Crippen molar-refractivity contribution in [3.8, 4) is 0 Å². The maximum Gasteiger partial charge on any atom is 0.389 e. The number of hydrogen-bond acceptors (Lipinski definition) is 3. The van der Waals surface area contributed by atoms with Crippen molar-refractivity contribution in [3.63, 3.8) is 0 Å². The Morgan fingerprint density at radius 2 is 2.24 bits per heavy atom. The Kier molecular flexibility index (Phi) is 3.97. The van der Waals surface area contributed by atoms with Gasteiger partial charge in [0.05, 0.1) is 6.20 Å². The number of halogens is 3. The van der Waals surface area contributed by atoms with Crippen LogP contribution in [0.4, 0.5) is 19.0 Å². The summed E-state index contributed by atoms with van der Waals surface area (Å²) in [6, 6.07) is 0. The molecule has 5 nitrogen and oxygen atoms in total. The number of aromatic nitrogens is 2. The van der Waals surface area contributed by atoms with Crippen LogP contribution < -0.4 is 11.1 Å². The third-order valence-corrected chi connectivity index (χ3v) is 2.13. The minimum absolute atomic E-state index is 0.0765. The van der Waals surface area contributed by atoms with Gasteiger partial charge in [0.15, 0.2) is 0 Å². The largest absolute Gasteiger partial charge is 0.389 e. The molecule has 0 saturated carbocycles. The number of amides is 1. The highest BCUT2D eigenvalue weighted by molar-refractivity contribution is 5.97. The summed E-state index contributed by atoms with van der Waals surface area (Å²) < 4.78 is 37.0. The van der Waals surface area contributed by atoms with E-state index >= 15 is 0 Å². The van der Waals surface area contributed by atoms with Gasteiger partial charge in [0.1, 0.15) is 11.4 Å². The lowest BCUT2D eigenvalue weighted by Crippen LogP contribution is -2.16. The Hall–Kier alpha value is -1.73. The molecule has 1 heterocycles. The van der Waals surface area contributed by atoms with Crippen molar-refractivity contribution in [2.24, 2.45) is 12.8 Å². The molecule has 0 spiro atoms. The van der Waals surface area contributed by atoms with Crippen molar-refractivity contribution in [1.29, 1.82) is 0 Å². The molecule has 0 aliphatic carbocycles. The van der Waals surface area contributed by atoms with E-state index < -0.39 is 18.5 Å². The Balaban J connectivity index is 2.52. The van der Waals surface area contributed by atoms with Crippen molar-refractivity contribution in [2.45, 2.75) is 19.0 Å². The van der Waals surface area contributed by atoms with Gasteiger partial charge in [-0.2, -0.15) is 18.3 Å². The predicted molar refractivity (Wildman–Crippen MR) is 55.5 cm³/mol. The van der Waals surface area contributed by atoms with E-state index in [1.54, 1.807) is 7.05 Å². The molecule has 0 saturated heterocycles.